The lowest BCUT2D eigenvalue weighted by Crippen LogP contribution is -2.35. The number of amides is 1. The van der Waals surface area contributed by atoms with E-state index in [1.54, 1.807) is 4.90 Å². The summed E-state index contributed by atoms with van der Waals surface area (Å²) in [4.78, 5) is 13.0. The lowest BCUT2D eigenvalue weighted by atomic mass is 10.2. The Kier molecular flexibility index (Phi) is 3.38. The highest BCUT2D eigenvalue weighted by atomic mass is 16.6. The van der Waals surface area contributed by atoms with Crippen LogP contribution < -0.4 is 0 Å². The van der Waals surface area contributed by atoms with E-state index in [0.717, 1.165) is 12.8 Å². The molecule has 0 bridgehead atoms. The number of hydrogen-bond acceptors (Lipinski definition) is 2. The molecule has 0 aliphatic heterocycles. The van der Waals surface area contributed by atoms with Crippen LogP contribution in [0.2, 0.25) is 0 Å². The molecule has 1 aliphatic carbocycles. The van der Waals surface area contributed by atoms with Crippen LogP contribution in [-0.4, -0.2) is 30.7 Å². The topological polar surface area (TPSA) is 29.5 Å². The molecule has 0 aromatic carbocycles. The molecule has 1 amide bonds. The van der Waals surface area contributed by atoms with Gasteiger partial charge in [-0.3, -0.25) is 0 Å². The molecule has 70 valence electrons. The number of carbonyl (C=O) groups excluding carboxylic acids is 1. The summed E-state index contributed by atoms with van der Waals surface area (Å²) in [6, 6.07) is 0.420. The minimum Gasteiger partial charge on any atom is -0.450 e. The number of hydrogen-bond donors (Lipinski definition) is 0. The summed E-state index contributed by atoms with van der Waals surface area (Å²) in [5.41, 5.74) is 0. The molecule has 12 heavy (non-hydrogen) atoms. The molecule has 0 atom stereocenters. The smallest absolute Gasteiger partial charge is 0.409 e. The van der Waals surface area contributed by atoms with Crippen molar-refractivity contribution in [2.24, 2.45) is 0 Å². The van der Waals surface area contributed by atoms with Crippen molar-refractivity contribution in [1.82, 2.24) is 4.90 Å². The molecule has 0 N–H and O–H groups in total. The van der Waals surface area contributed by atoms with E-state index in [2.05, 4.69) is 0 Å². The number of ether oxygens (including phenoxy) is 1. The molecular weight excluding hydrogens is 154 g/mol. The van der Waals surface area contributed by atoms with Crippen molar-refractivity contribution in [2.75, 3.05) is 13.7 Å². The fraction of sp³-hybridized carbons (Fsp3) is 0.889. The third-order valence-corrected chi connectivity index (χ3v) is 2.43. The molecule has 0 heterocycles. The molecule has 0 saturated heterocycles. The van der Waals surface area contributed by atoms with Gasteiger partial charge < -0.3 is 9.64 Å². The SMILES string of the molecule is CCOC(=O)N(C)C1CCCC1. The minimum atomic E-state index is -0.176. The van der Waals surface area contributed by atoms with Gasteiger partial charge in [0.2, 0.25) is 0 Å². The molecule has 3 heteroatoms. The van der Waals surface area contributed by atoms with Gasteiger partial charge in [0.1, 0.15) is 0 Å². The second-order valence-electron chi connectivity index (χ2n) is 3.25. The summed E-state index contributed by atoms with van der Waals surface area (Å²) in [5, 5.41) is 0. The van der Waals surface area contributed by atoms with E-state index >= 15 is 0 Å². The Labute approximate surface area is 73.7 Å². The van der Waals surface area contributed by atoms with Crippen molar-refractivity contribution in [3.8, 4) is 0 Å². The van der Waals surface area contributed by atoms with Crippen LogP contribution in [0, 0.1) is 0 Å². The fourth-order valence-corrected chi connectivity index (χ4v) is 1.67. The zero-order chi connectivity index (χ0) is 8.97. The Bertz CT molecular complexity index is 153. The summed E-state index contributed by atoms with van der Waals surface area (Å²) in [5.74, 6) is 0. The zero-order valence-corrected chi connectivity index (χ0v) is 7.88. The van der Waals surface area contributed by atoms with Crippen LogP contribution in [0.3, 0.4) is 0 Å². The Morgan fingerprint density at radius 1 is 1.50 bits per heavy atom. The van der Waals surface area contributed by atoms with E-state index in [4.69, 9.17) is 4.74 Å². The van der Waals surface area contributed by atoms with Crippen LogP contribution in [0.25, 0.3) is 0 Å². The minimum absolute atomic E-state index is 0.176. The molecule has 0 radical (unpaired) electrons. The van der Waals surface area contributed by atoms with E-state index < -0.39 is 0 Å². The average Bonchev–Trinajstić information content (AvgIpc) is 2.55. The van der Waals surface area contributed by atoms with Gasteiger partial charge in [0.25, 0.3) is 0 Å². The Morgan fingerprint density at radius 3 is 2.58 bits per heavy atom. The standard InChI is InChI=1S/C9H17NO2/c1-3-12-9(11)10(2)8-6-4-5-7-8/h8H,3-7H2,1-2H3. The molecule has 0 aromatic heterocycles. The van der Waals surface area contributed by atoms with E-state index in [0.29, 0.717) is 12.6 Å². The maximum Gasteiger partial charge on any atom is 0.409 e. The highest BCUT2D eigenvalue weighted by Gasteiger charge is 2.23. The fourth-order valence-electron chi connectivity index (χ4n) is 1.67. The molecule has 0 aromatic rings. The molecule has 1 saturated carbocycles. The summed E-state index contributed by atoms with van der Waals surface area (Å²) in [7, 11) is 1.83. The second kappa shape index (κ2) is 4.33. The van der Waals surface area contributed by atoms with Gasteiger partial charge in [0.15, 0.2) is 0 Å². The number of nitrogens with zero attached hydrogens (tertiary/aromatic N) is 1. The first-order valence-electron chi connectivity index (χ1n) is 4.65. The van der Waals surface area contributed by atoms with Crippen molar-refractivity contribution in [3.05, 3.63) is 0 Å². The van der Waals surface area contributed by atoms with Gasteiger partial charge in [-0.15, -0.1) is 0 Å². The van der Waals surface area contributed by atoms with Gasteiger partial charge in [0, 0.05) is 13.1 Å². The maximum absolute atomic E-state index is 11.2. The summed E-state index contributed by atoms with van der Waals surface area (Å²) < 4.78 is 4.90. The maximum atomic E-state index is 11.2. The van der Waals surface area contributed by atoms with Crippen molar-refractivity contribution in [2.45, 2.75) is 38.6 Å². The van der Waals surface area contributed by atoms with E-state index in [1.165, 1.54) is 12.8 Å². The summed E-state index contributed by atoms with van der Waals surface area (Å²) in [6.07, 6.45) is 4.58. The first-order chi connectivity index (χ1) is 5.75. The first kappa shape index (κ1) is 9.36. The molecule has 1 rings (SSSR count). The van der Waals surface area contributed by atoms with Gasteiger partial charge in [-0.1, -0.05) is 12.8 Å². The molecular formula is C9H17NO2. The third kappa shape index (κ3) is 2.13. The normalized spacial score (nSPS) is 17.8. The van der Waals surface area contributed by atoms with Crippen molar-refractivity contribution in [3.63, 3.8) is 0 Å². The lowest BCUT2D eigenvalue weighted by Gasteiger charge is -2.22. The molecule has 0 spiro atoms. The largest absolute Gasteiger partial charge is 0.450 e. The Balaban J connectivity index is 2.34. The van der Waals surface area contributed by atoms with Gasteiger partial charge in [-0.25, -0.2) is 4.79 Å². The van der Waals surface area contributed by atoms with Crippen LogP contribution >= 0.6 is 0 Å². The van der Waals surface area contributed by atoms with Crippen LogP contribution in [-0.2, 0) is 4.74 Å². The molecule has 1 fully saturated rings. The lowest BCUT2D eigenvalue weighted by molar-refractivity contribution is 0.102. The Hall–Kier alpha value is -0.730. The monoisotopic (exact) mass is 171 g/mol. The first-order valence-corrected chi connectivity index (χ1v) is 4.65. The third-order valence-electron chi connectivity index (χ3n) is 2.43. The quantitative estimate of drug-likeness (QED) is 0.636. The predicted molar refractivity (Wildman–Crippen MR) is 47.0 cm³/mol. The van der Waals surface area contributed by atoms with Crippen molar-refractivity contribution in [1.29, 1.82) is 0 Å². The highest BCUT2D eigenvalue weighted by molar-refractivity contribution is 5.67. The van der Waals surface area contributed by atoms with Gasteiger partial charge in [-0.2, -0.15) is 0 Å². The van der Waals surface area contributed by atoms with E-state index in [1.807, 2.05) is 14.0 Å². The van der Waals surface area contributed by atoms with Gasteiger partial charge >= 0.3 is 6.09 Å². The molecule has 1 aliphatic rings. The number of rotatable bonds is 2. The van der Waals surface area contributed by atoms with Crippen LogP contribution in [0.4, 0.5) is 4.79 Å². The van der Waals surface area contributed by atoms with Crippen LogP contribution in [0.15, 0.2) is 0 Å². The summed E-state index contributed by atoms with van der Waals surface area (Å²) in [6.45, 7) is 2.30. The van der Waals surface area contributed by atoms with E-state index in [9.17, 15) is 4.79 Å². The van der Waals surface area contributed by atoms with Gasteiger partial charge in [-0.05, 0) is 19.8 Å². The summed E-state index contributed by atoms with van der Waals surface area (Å²) >= 11 is 0. The molecule has 3 nitrogen and oxygen atoms in total. The van der Waals surface area contributed by atoms with Crippen molar-refractivity contribution < 1.29 is 9.53 Å². The van der Waals surface area contributed by atoms with Crippen molar-refractivity contribution >= 4 is 6.09 Å². The predicted octanol–water partition coefficient (Wildman–Crippen LogP) is 2.02. The molecule has 0 unspecified atom stereocenters. The average molecular weight is 171 g/mol. The number of carbonyl (C=O) groups is 1. The zero-order valence-electron chi connectivity index (χ0n) is 7.88. The Morgan fingerprint density at radius 2 is 2.08 bits per heavy atom. The van der Waals surface area contributed by atoms with E-state index in [-0.39, 0.29) is 6.09 Å². The van der Waals surface area contributed by atoms with Gasteiger partial charge in [0.05, 0.1) is 6.61 Å². The van der Waals surface area contributed by atoms with Crippen LogP contribution in [0.5, 0.6) is 0 Å². The highest BCUT2D eigenvalue weighted by Crippen LogP contribution is 2.22. The second-order valence-corrected chi connectivity index (χ2v) is 3.25. The van der Waals surface area contributed by atoms with Crippen LogP contribution in [0.1, 0.15) is 32.6 Å².